The number of hydrogen-bond acceptors (Lipinski definition) is 5. The maximum atomic E-state index is 6.29. The number of nitrogens with zero attached hydrogens (tertiary/aromatic N) is 2. The fourth-order valence-electron chi connectivity index (χ4n) is 2.69. The third-order valence-corrected chi connectivity index (χ3v) is 3.86. The maximum absolute atomic E-state index is 6.29. The molecule has 0 amide bonds. The Bertz CT molecular complexity index is 763. The Hall–Kier alpha value is -3.08. The van der Waals surface area contributed by atoms with Crippen molar-refractivity contribution in [3.05, 3.63) is 78.1 Å². The Balaban J connectivity index is 1.97. The maximum Gasteiger partial charge on any atom is 0.155 e. The second kappa shape index (κ2) is 7.66. The molecule has 0 atom stereocenters. The molecule has 0 bridgehead atoms. The van der Waals surface area contributed by atoms with Gasteiger partial charge in [-0.25, -0.2) is 9.97 Å². The van der Waals surface area contributed by atoms with E-state index in [1.807, 2.05) is 50.2 Å². The molecule has 1 heterocycles. The molecule has 1 aromatic heterocycles. The SMILES string of the molecule is CC(C)Nc1ncnc(NC(c2ccccc2)c2ccccc2)c1N. The Kier molecular flexibility index (Phi) is 5.14. The van der Waals surface area contributed by atoms with Gasteiger partial charge in [0.05, 0.1) is 6.04 Å². The smallest absolute Gasteiger partial charge is 0.155 e. The van der Waals surface area contributed by atoms with Gasteiger partial charge < -0.3 is 16.4 Å². The van der Waals surface area contributed by atoms with Crippen LogP contribution < -0.4 is 16.4 Å². The first-order valence-corrected chi connectivity index (χ1v) is 8.38. The largest absolute Gasteiger partial charge is 0.393 e. The third kappa shape index (κ3) is 4.07. The molecule has 0 saturated carbocycles. The van der Waals surface area contributed by atoms with E-state index in [0.717, 1.165) is 11.1 Å². The number of rotatable bonds is 6. The number of nitrogens with two attached hydrogens (primary N) is 1. The van der Waals surface area contributed by atoms with Crippen LogP contribution >= 0.6 is 0 Å². The third-order valence-electron chi connectivity index (χ3n) is 3.86. The van der Waals surface area contributed by atoms with Gasteiger partial charge in [0.2, 0.25) is 0 Å². The van der Waals surface area contributed by atoms with Crippen LogP contribution in [-0.4, -0.2) is 16.0 Å². The van der Waals surface area contributed by atoms with Crippen molar-refractivity contribution in [1.29, 1.82) is 0 Å². The number of benzene rings is 2. The summed E-state index contributed by atoms with van der Waals surface area (Å²) in [6.45, 7) is 4.09. The van der Waals surface area contributed by atoms with Gasteiger partial charge in [-0.3, -0.25) is 0 Å². The summed E-state index contributed by atoms with van der Waals surface area (Å²) in [6.07, 6.45) is 1.52. The van der Waals surface area contributed by atoms with E-state index >= 15 is 0 Å². The summed E-state index contributed by atoms with van der Waals surface area (Å²) < 4.78 is 0. The molecule has 0 aliphatic heterocycles. The topological polar surface area (TPSA) is 75.9 Å². The van der Waals surface area contributed by atoms with E-state index < -0.39 is 0 Å². The summed E-state index contributed by atoms with van der Waals surface area (Å²) >= 11 is 0. The molecule has 2 aromatic carbocycles. The highest BCUT2D eigenvalue weighted by molar-refractivity contribution is 5.74. The zero-order valence-corrected chi connectivity index (χ0v) is 14.5. The van der Waals surface area contributed by atoms with Gasteiger partial charge in [-0.05, 0) is 25.0 Å². The summed E-state index contributed by atoms with van der Waals surface area (Å²) in [5.74, 6) is 1.27. The summed E-state index contributed by atoms with van der Waals surface area (Å²) in [5.41, 5.74) is 9.09. The fraction of sp³-hybridized carbons (Fsp3) is 0.200. The molecule has 0 radical (unpaired) electrons. The molecule has 3 aromatic rings. The van der Waals surface area contributed by atoms with Crippen LogP contribution in [0.4, 0.5) is 17.3 Å². The molecule has 4 N–H and O–H groups in total. The van der Waals surface area contributed by atoms with E-state index in [-0.39, 0.29) is 12.1 Å². The van der Waals surface area contributed by atoms with Gasteiger partial charge in [-0.2, -0.15) is 0 Å². The summed E-state index contributed by atoms with van der Waals surface area (Å²) in [5, 5.41) is 6.73. The Morgan fingerprint density at radius 3 is 1.72 bits per heavy atom. The monoisotopic (exact) mass is 333 g/mol. The Morgan fingerprint density at radius 2 is 1.24 bits per heavy atom. The molecule has 5 nitrogen and oxygen atoms in total. The van der Waals surface area contributed by atoms with E-state index in [1.54, 1.807) is 0 Å². The van der Waals surface area contributed by atoms with E-state index in [0.29, 0.717) is 17.3 Å². The highest BCUT2D eigenvalue weighted by Crippen LogP contribution is 2.30. The van der Waals surface area contributed by atoms with Crippen LogP contribution in [0, 0.1) is 0 Å². The highest BCUT2D eigenvalue weighted by atomic mass is 15.1. The minimum atomic E-state index is -0.0495. The zero-order chi connectivity index (χ0) is 17.6. The molecular weight excluding hydrogens is 310 g/mol. The number of nitrogen functional groups attached to an aromatic ring is 1. The average Bonchev–Trinajstić information content (AvgIpc) is 2.63. The molecule has 0 aliphatic carbocycles. The first kappa shape index (κ1) is 16.8. The van der Waals surface area contributed by atoms with Crippen LogP contribution in [0.3, 0.4) is 0 Å². The lowest BCUT2D eigenvalue weighted by molar-refractivity contribution is 0.883. The van der Waals surface area contributed by atoms with E-state index in [4.69, 9.17) is 5.73 Å². The second-order valence-corrected chi connectivity index (χ2v) is 6.18. The average molecular weight is 333 g/mol. The van der Waals surface area contributed by atoms with Crippen molar-refractivity contribution in [3.8, 4) is 0 Å². The molecule has 0 saturated heterocycles. The predicted octanol–water partition coefficient (Wildman–Crippen LogP) is 4.08. The van der Waals surface area contributed by atoms with Crippen molar-refractivity contribution in [2.75, 3.05) is 16.4 Å². The van der Waals surface area contributed by atoms with Crippen molar-refractivity contribution in [1.82, 2.24) is 9.97 Å². The van der Waals surface area contributed by atoms with Crippen molar-refractivity contribution in [2.45, 2.75) is 25.9 Å². The van der Waals surface area contributed by atoms with Crippen molar-refractivity contribution < 1.29 is 0 Å². The van der Waals surface area contributed by atoms with Crippen molar-refractivity contribution >= 4 is 17.3 Å². The minimum absolute atomic E-state index is 0.0495. The molecule has 3 rings (SSSR count). The number of anilines is 3. The molecule has 5 heteroatoms. The molecule has 0 aliphatic rings. The van der Waals surface area contributed by atoms with Gasteiger partial charge in [0.1, 0.15) is 12.0 Å². The molecule has 0 fully saturated rings. The summed E-state index contributed by atoms with van der Waals surface area (Å²) in [4.78, 5) is 8.59. The fourth-order valence-corrected chi connectivity index (χ4v) is 2.69. The summed E-state index contributed by atoms with van der Waals surface area (Å²) in [6, 6.07) is 20.7. The molecule has 128 valence electrons. The lowest BCUT2D eigenvalue weighted by Crippen LogP contribution is -2.17. The van der Waals surface area contributed by atoms with Gasteiger partial charge in [0.25, 0.3) is 0 Å². The molecule has 0 unspecified atom stereocenters. The van der Waals surface area contributed by atoms with Crippen molar-refractivity contribution in [3.63, 3.8) is 0 Å². The zero-order valence-electron chi connectivity index (χ0n) is 14.5. The van der Waals surface area contributed by atoms with Crippen LogP contribution in [0.25, 0.3) is 0 Å². The second-order valence-electron chi connectivity index (χ2n) is 6.18. The molecular formula is C20H23N5. The number of nitrogens with one attached hydrogen (secondary N) is 2. The van der Waals surface area contributed by atoms with Gasteiger partial charge >= 0.3 is 0 Å². The standard InChI is InChI=1S/C20H23N5/c1-14(2)24-19-17(21)20(23-13-22-19)25-18(15-9-5-3-6-10-15)16-11-7-4-8-12-16/h3-14,18H,21H2,1-2H3,(H2,22,23,24,25). The first-order chi connectivity index (χ1) is 12.1. The highest BCUT2D eigenvalue weighted by Gasteiger charge is 2.17. The lowest BCUT2D eigenvalue weighted by atomic mass is 9.99. The number of hydrogen-bond donors (Lipinski definition) is 3. The quantitative estimate of drug-likeness (QED) is 0.634. The first-order valence-electron chi connectivity index (χ1n) is 8.38. The Labute approximate surface area is 148 Å². The summed E-state index contributed by atoms with van der Waals surface area (Å²) in [7, 11) is 0. The van der Waals surface area contributed by atoms with Gasteiger partial charge in [0, 0.05) is 6.04 Å². The number of aromatic nitrogens is 2. The van der Waals surface area contributed by atoms with Crippen LogP contribution in [-0.2, 0) is 0 Å². The van der Waals surface area contributed by atoms with Crippen LogP contribution in [0.5, 0.6) is 0 Å². The van der Waals surface area contributed by atoms with E-state index in [9.17, 15) is 0 Å². The van der Waals surface area contributed by atoms with Gasteiger partial charge in [-0.15, -0.1) is 0 Å². The van der Waals surface area contributed by atoms with Crippen LogP contribution in [0.15, 0.2) is 67.0 Å². The van der Waals surface area contributed by atoms with Crippen molar-refractivity contribution in [2.24, 2.45) is 0 Å². The van der Waals surface area contributed by atoms with E-state index in [1.165, 1.54) is 6.33 Å². The minimum Gasteiger partial charge on any atom is -0.393 e. The van der Waals surface area contributed by atoms with E-state index in [2.05, 4.69) is 44.9 Å². The lowest BCUT2D eigenvalue weighted by Gasteiger charge is -2.22. The van der Waals surface area contributed by atoms with Crippen LogP contribution in [0.1, 0.15) is 31.0 Å². The molecule has 25 heavy (non-hydrogen) atoms. The van der Waals surface area contributed by atoms with Gasteiger partial charge in [-0.1, -0.05) is 60.7 Å². The van der Waals surface area contributed by atoms with Gasteiger partial charge in [0.15, 0.2) is 11.6 Å². The Morgan fingerprint density at radius 1 is 0.760 bits per heavy atom. The van der Waals surface area contributed by atoms with Crippen LogP contribution in [0.2, 0.25) is 0 Å². The molecule has 0 spiro atoms. The predicted molar refractivity (Wildman–Crippen MR) is 104 cm³/mol. The normalized spacial score (nSPS) is 10.9.